The Hall–Kier alpha value is -2.37. The molecule has 2 fully saturated rings. The number of nitrogens with zero attached hydrogens (tertiary/aromatic N) is 2. The van der Waals surface area contributed by atoms with Crippen LogP contribution < -0.4 is 4.90 Å². The van der Waals surface area contributed by atoms with E-state index in [2.05, 4.69) is 4.90 Å². The normalized spacial score (nSPS) is 22.1. The first kappa shape index (κ1) is 17.1. The first-order valence-electron chi connectivity index (χ1n) is 8.57. The molecule has 134 valence electrons. The van der Waals surface area contributed by atoms with Gasteiger partial charge in [-0.05, 0) is 36.2 Å². The highest BCUT2D eigenvalue weighted by Crippen LogP contribution is 2.39. The minimum Gasteiger partial charge on any atom is -0.465 e. The lowest BCUT2D eigenvalue weighted by atomic mass is 10.1. The van der Waals surface area contributed by atoms with Crippen molar-refractivity contribution in [2.24, 2.45) is 0 Å². The second kappa shape index (κ2) is 6.74. The van der Waals surface area contributed by atoms with E-state index in [1.807, 2.05) is 41.3 Å². The second-order valence-electron chi connectivity index (χ2n) is 6.68. The van der Waals surface area contributed by atoms with Gasteiger partial charge in [0.25, 0.3) is 0 Å². The van der Waals surface area contributed by atoms with Gasteiger partial charge in [-0.1, -0.05) is 35.9 Å². The molecule has 0 radical (unpaired) electrons. The number of hydrogen-bond acceptors (Lipinski definition) is 4. The molecule has 6 heteroatoms. The van der Waals surface area contributed by atoms with Crippen molar-refractivity contribution in [1.29, 1.82) is 0 Å². The fourth-order valence-corrected chi connectivity index (χ4v) is 4.13. The van der Waals surface area contributed by atoms with Crippen molar-refractivity contribution in [1.82, 2.24) is 4.90 Å². The molecule has 2 heterocycles. The van der Waals surface area contributed by atoms with Gasteiger partial charge in [0, 0.05) is 13.1 Å². The standard InChI is InChI=1S/C20H19ClN2O3/c1-26-20(25)14-8-6-13(7-9-14)11-22-12-15-10-18(22)19(24)23(15)17-5-3-2-4-16(17)21/h2-9,15,18H,10-12H2,1H3/t15-,18-/m0/s1. The molecule has 4 rings (SSSR count). The molecule has 0 N–H and O–H groups in total. The quantitative estimate of drug-likeness (QED) is 0.776. The number of ether oxygens (including phenoxy) is 1. The molecule has 1 amide bonds. The molecule has 2 aliphatic rings. The number of para-hydroxylation sites is 1. The van der Waals surface area contributed by atoms with Crippen LogP contribution >= 0.6 is 11.6 Å². The highest BCUT2D eigenvalue weighted by atomic mass is 35.5. The van der Waals surface area contributed by atoms with E-state index < -0.39 is 0 Å². The number of carbonyl (C=O) groups excluding carboxylic acids is 2. The molecule has 0 aliphatic carbocycles. The van der Waals surface area contributed by atoms with E-state index in [0.717, 1.165) is 24.2 Å². The fraction of sp³-hybridized carbons (Fsp3) is 0.300. The van der Waals surface area contributed by atoms with Crippen molar-refractivity contribution >= 4 is 29.2 Å². The summed E-state index contributed by atoms with van der Waals surface area (Å²) in [6.07, 6.45) is 0.824. The minimum atomic E-state index is -0.345. The molecule has 0 aromatic heterocycles. The van der Waals surface area contributed by atoms with Gasteiger partial charge in [0.1, 0.15) is 0 Å². The average Bonchev–Trinajstić information content (AvgIpc) is 3.20. The summed E-state index contributed by atoms with van der Waals surface area (Å²) in [5.74, 6) is -0.233. The van der Waals surface area contributed by atoms with E-state index in [0.29, 0.717) is 17.1 Å². The average molecular weight is 371 g/mol. The number of likely N-dealkylation sites (tertiary alicyclic amines) is 1. The first-order chi connectivity index (χ1) is 12.6. The van der Waals surface area contributed by atoms with E-state index in [1.165, 1.54) is 7.11 Å². The van der Waals surface area contributed by atoms with Crippen molar-refractivity contribution in [2.45, 2.75) is 25.0 Å². The summed E-state index contributed by atoms with van der Waals surface area (Å²) >= 11 is 6.28. The predicted octanol–water partition coefficient (Wildman–Crippen LogP) is 3.12. The highest BCUT2D eigenvalue weighted by Gasteiger charge is 2.50. The second-order valence-corrected chi connectivity index (χ2v) is 7.09. The van der Waals surface area contributed by atoms with E-state index in [-0.39, 0.29) is 24.0 Å². The summed E-state index contributed by atoms with van der Waals surface area (Å²) in [4.78, 5) is 28.4. The number of piperazine rings is 1. The zero-order valence-corrected chi connectivity index (χ0v) is 15.1. The minimum absolute atomic E-state index is 0.112. The maximum absolute atomic E-state index is 12.9. The Kier molecular flexibility index (Phi) is 4.42. The van der Waals surface area contributed by atoms with Crippen molar-refractivity contribution < 1.29 is 14.3 Å². The van der Waals surface area contributed by atoms with Gasteiger partial charge >= 0.3 is 5.97 Å². The number of benzene rings is 2. The summed E-state index contributed by atoms with van der Waals surface area (Å²) in [6.45, 7) is 1.51. The van der Waals surface area contributed by atoms with Crippen molar-refractivity contribution in [3.63, 3.8) is 0 Å². The number of halogens is 1. The maximum atomic E-state index is 12.9. The van der Waals surface area contributed by atoms with Gasteiger partial charge in [0.05, 0.1) is 35.5 Å². The van der Waals surface area contributed by atoms with Gasteiger partial charge in [0.2, 0.25) is 5.91 Å². The number of fused-ring (bicyclic) bond motifs is 2. The maximum Gasteiger partial charge on any atom is 0.337 e. The largest absolute Gasteiger partial charge is 0.465 e. The van der Waals surface area contributed by atoms with Gasteiger partial charge in [-0.15, -0.1) is 0 Å². The lowest BCUT2D eigenvalue weighted by Crippen LogP contribution is -2.50. The first-order valence-corrected chi connectivity index (χ1v) is 8.95. The summed E-state index contributed by atoms with van der Waals surface area (Å²) in [6, 6.07) is 14.9. The molecular weight excluding hydrogens is 352 g/mol. The lowest BCUT2D eigenvalue weighted by molar-refractivity contribution is -0.122. The van der Waals surface area contributed by atoms with Crippen LogP contribution in [-0.2, 0) is 16.1 Å². The van der Waals surface area contributed by atoms with E-state index in [9.17, 15) is 9.59 Å². The Bertz CT molecular complexity index is 852. The van der Waals surface area contributed by atoms with Gasteiger partial charge in [0.15, 0.2) is 0 Å². The SMILES string of the molecule is COC(=O)c1ccc(CN2C[C@@H]3C[C@H]2C(=O)N3c2ccccc2Cl)cc1. The molecule has 0 spiro atoms. The Morgan fingerprint density at radius 2 is 1.92 bits per heavy atom. The Morgan fingerprint density at radius 3 is 2.58 bits per heavy atom. The Morgan fingerprint density at radius 1 is 1.19 bits per heavy atom. The molecule has 2 aliphatic heterocycles. The number of anilines is 1. The molecule has 0 saturated carbocycles. The van der Waals surface area contributed by atoms with E-state index in [4.69, 9.17) is 16.3 Å². The van der Waals surface area contributed by atoms with Gasteiger partial charge in [-0.3, -0.25) is 9.69 Å². The third-order valence-electron chi connectivity index (χ3n) is 5.14. The molecule has 2 bridgehead atoms. The lowest BCUT2D eigenvalue weighted by Gasteiger charge is -2.34. The number of amides is 1. The smallest absolute Gasteiger partial charge is 0.337 e. The molecule has 26 heavy (non-hydrogen) atoms. The molecule has 0 unspecified atom stereocenters. The number of hydrogen-bond donors (Lipinski definition) is 0. The van der Waals surface area contributed by atoms with Gasteiger partial charge < -0.3 is 9.64 Å². The number of methoxy groups -OCH3 is 1. The van der Waals surface area contributed by atoms with Gasteiger partial charge in [-0.25, -0.2) is 4.79 Å². The van der Waals surface area contributed by atoms with Crippen molar-refractivity contribution in [3.8, 4) is 0 Å². The fourth-order valence-electron chi connectivity index (χ4n) is 3.90. The third-order valence-corrected chi connectivity index (χ3v) is 5.46. The van der Waals surface area contributed by atoms with E-state index in [1.54, 1.807) is 12.1 Å². The zero-order chi connectivity index (χ0) is 18.3. The predicted molar refractivity (Wildman–Crippen MR) is 99.3 cm³/mol. The van der Waals surface area contributed by atoms with Crippen molar-refractivity contribution in [3.05, 3.63) is 64.7 Å². The van der Waals surface area contributed by atoms with Gasteiger partial charge in [-0.2, -0.15) is 0 Å². The Labute approximate surface area is 157 Å². The monoisotopic (exact) mass is 370 g/mol. The molecular formula is C20H19ClN2O3. The number of rotatable bonds is 4. The van der Waals surface area contributed by atoms with Crippen LogP contribution in [0.3, 0.4) is 0 Å². The highest BCUT2D eigenvalue weighted by molar-refractivity contribution is 6.34. The Balaban J connectivity index is 1.47. The molecule has 2 saturated heterocycles. The van der Waals surface area contributed by atoms with Crippen LogP contribution in [0.15, 0.2) is 48.5 Å². The van der Waals surface area contributed by atoms with Crippen molar-refractivity contribution in [2.75, 3.05) is 18.6 Å². The summed E-state index contributed by atoms with van der Waals surface area (Å²) < 4.78 is 4.72. The molecule has 5 nitrogen and oxygen atoms in total. The van der Waals surface area contributed by atoms with Crippen LogP contribution in [0.1, 0.15) is 22.3 Å². The van der Waals surface area contributed by atoms with Crippen LogP contribution in [0.5, 0.6) is 0 Å². The number of esters is 1. The van der Waals surface area contributed by atoms with Crippen LogP contribution in [0.25, 0.3) is 0 Å². The molecule has 2 aromatic carbocycles. The number of carbonyl (C=O) groups is 2. The molecule has 2 atom stereocenters. The summed E-state index contributed by atoms with van der Waals surface area (Å²) in [5, 5.41) is 0.610. The molecule has 2 aromatic rings. The van der Waals surface area contributed by atoms with Crippen LogP contribution in [0, 0.1) is 0 Å². The van der Waals surface area contributed by atoms with Crippen LogP contribution in [0.2, 0.25) is 5.02 Å². The topological polar surface area (TPSA) is 49.9 Å². The van der Waals surface area contributed by atoms with Crippen LogP contribution in [0.4, 0.5) is 5.69 Å². The zero-order valence-electron chi connectivity index (χ0n) is 14.4. The van der Waals surface area contributed by atoms with E-state index >= 15 is 0 Å². The van der Waals surface area contributed by atoms with Crippen LogP contribution in [-0.4, -0.2) is 42.5 Å². The summed E-state index contributed by atoms with van der Waals surface area (Å²) in [5.41, 5.74) is 2.40. The third kappa shape index (κ3) is 2.87. The summed E-state index contributed by atoms with van der Waals surface area (Å²) in [7, 11) is 1.37.